The molecule has 0 unspecified atom stereocenters. The number of hydrogen-bond donors (Lipinski definition) is 1. The average molecular weight is 311 g/mol. The molecule has 1 amide bonds. The van der Waals surface area contributed by atoms with Crippen LogP contribution in [0.3, 0.4) is 0 Å². The molecule has 1 N–H and O–H groups in total. The van der Waals surface area contributed by atoms with Crippen LogP contribution in [0.25, 0.3) is 0 Å². The molecule has 1 aromatic rings. The minimum Gasteiger partial charge on any atom is -0.375 e. The van der Waals surface area contributed by atoms with Crippen LogP contribution < -0.4 is 5.32 Å². The highest BCUT2D eigenvalue weighted by Crippen LogP contribution is 2.16. The minimum absolute atomic E-state index is 0.0477. The van der Waals surface area contributed by atoms with Gasteiger partial charge in [-0.05, 0) is 26.8 Å². The summed E-state index contributed by atoms with van der Waals surface area (Å²) in [5.74, 6) is 0.0477. The number of likely N-dealkylation sites (N-methyl/N-ethyl adjacent to an activating group) is 1. The standard InChI is InChI=1S/C15H25N3O2S/c1-4-18-7-8-20-13(10-18)5-6-16-15(19)9-14-11(2)21-12(3)17-14/h13H,4-10H2,1-3H3,(H,16,19)/t13-/m0/s1. The second kappa shape index (κ2) is 7.87. The lowest BCUT2D eigenvalue weighted by Gasteiger charge is -2.32. The van der Waals surface area contributed by atoms with Crippen LogP contribution >= 0.6 is 11.3 Å². The lowest BCUT2D eigenvalue weighted by molar-refractivity contribution is -0.120. The van der Waals surface area contributed by atoms with E-state index in [1.807, 2.05) is 13.8 Å². The number of rotatable bonds is 6. The van der Waals surface area contributed by atoms with Crippen molar-refractivity contribution in [2.45, 2.75) is 39.7 Å². The number of carbonyl (C=O) groups is 1. The first-order valence-electron chi connectivity index (χ1n) is 7.62. The Morgan fingerprint density at radius 3 is 3.00 bits per heavy atom. The van der Waals surface area contributed by atoms with Crippen LogP contribution in [0.15, 0.2) is 0 Å². The van der Waals surface area contributed by atoms with Gasteiger partial charge in [0.25, 0.3) is 0 Å². The fourth-order valence-electron chi connectivity index (χ4n) is 2.57. The molecule has 1 atom stereocenters. The normalized spacial score (nSPS) is 19.7. The van der Waals surface area contributed by atoms with Crippen molar-refractivity contribution < 1.29 is 9.53 Å². The van der Waals surface area contributed by atoms with E-state index in [1.54, 1.807) is 11.3 Å². The monoisotopic (exact) mass is 311 g/mol. The van der Waals surface area contributed by atoms with Gasteiger partial charge < -0.3 is 10.1 Å². The van der Waals surface area contributed by atoms with Crippen LogP contribution in [0.2, 0.25) is 0 Å². The van der Waals surface area contributed by atoms with Crippen molar-refractivity contribution in [3.63, 3.8) is 0 Å². The number of morpholine rings is 1. The molecular weight excluding hydrogens is 286 g/mol. The van der Waals surface area contributed by atoms with Crippen LogP contribution in [-0.4, -0.2) is 54.7 Å². The SMILES string of the molecule is CCN1CCO[C@@H](CCNC(=O)Cc2nc(C)sc2C)C1. The van der Waals surface area contributed by atoms with Gasteiger partial charge in [-0.1, -0.05) is 6.92 Å². The summed E-state index contributed by atoms with van der Waals surface area (Å²) in [6.07, 6.45) is 1.49. The van der Waals surface area contributed by atoms with E-state index in [0.29, 0.717) is 13.0 Å². The fraction of sp³-hybridized carbons (Fsp3) is 0.733. The third-order valence-corrected chi connectivity index (χ3v) is 4.71. The summed E-state index contributed by atoms with van der Waals surface area (Å²) in [5, 5.41) is 3.99. The molecule has 6 heteroatoms. The molecule has 2 heterocycles. The number of ether oxygens (including phenoxy) is 1. The van der Waals surface area contributed by atoms with Gasteiger partial charge in [0.15, 0.2) is 0 Å². The first-order chi connectivity index (χ1) is 10.1. The predicted octanol–water partition coefficient (Wildman–Crippen LogP) is 1.53. The molecule has 0 bridgehead atoms. The zero-order valence-electron chi connectivity index (χ0n) is 13.1. The molecule has 2 rings (SSSR count). The Labute approximate surface area is 130 Å². The number of aryl methyl sites for hydroxylation is 2. The van der Waals surface area contributed by atoms with Crippen LogP contribution in [0.5, 0.6) is 0 Å². The van der Waals surface area contributed by atoms with Gasteiger partial charge in [-0.25, -0.2) is 4.98 Å². The zero-order chi connectivity index (χ0) is 15.2. The van der Waals surface area contributed by atoms with Gasteiger partial charge in [-0.3, -0.25) is 9.69 Å². The Kier molecular flexibility index (Phi) is 6.14. The second-order valence-electron chi connectivity index (χ2n) is 5.44. The molecule has 0 saturated carbocycles. The molecule has 1 fully saturated rings. The van der Waals surface area contributed by atoms with Crippen molar-refractivity contribution in [1.29, 1.82) is 0 Å². The number of nitrogens with zero attached hydrogens (tertiary/aromatic N) is 2. The van der Waals surface area contributed by atoms with Crippen LogP contribution in [0, 0.1) is 13.8 Å². The van der Waals surface area contributed by atoms with Crippen molar-refractivity contribution in [3.8, 4) is 0 Å². The van der Waals surface area contributed by atoms with Gasteiger partial charge in [0.1, 0.15) is 0 Å². The lowest BCUT2D eigenvalue weighted by atomic mass is 10.2. The Morgan fingerprint density at radius 2 is 2.33 bits per heavy atom. The van der Waals surface area contributed by atoms with E-state index < -0.39 is 0 Å². The number of nitrogens with one attached hydrogen (secondary N) is 1. The molecule has 5 nitrogen and oxygen atoms in total. The zero-order valence-corrected chi connectivity index (χ0v) is 14.0. The van der Waals surface area contributed by atoms with Crippen molar-refractivity contribution in [3.05, 3.63) is 15.6 Å². The maximum Gasteiger partial charge on any atom is 0.226 e. The molecule has 1 aliphatic rings. The first-order valence-corrected chi connectivity index (χ1v) is 8.43. The summed E-state index contributed by atoms with van der Waals surface area (Å²) < 4.78 is 5.73. The van der Waals surface area contributed by atoms with Gasteiger partial charge in [0, 0.05) is 24.5 Å². The van der Waals surface area contributed by atoms with Crippen molar-refractivity contribution in [1.82, 2.24) is 15.2 Å². The summed E-state index contributed by atoms with van der Waals surface area (Å²) in [7, 11) is 0. The van der Waals surface area contributed by atoms with E-state index >= 15 is 0 Å². The molecular formula is C15H25N3O2S. The molecule has 1 aliphatic heterocycles. The highest BCUT2D eigenvalue weighted by molar-refractivity contribution is 7.11. The third kappa shape index (κ3) is 5.05. The number of aromatic nitrogens is 1. The number of hydrogen-bond acceptors (Lipinski definition) is 5. The second-order valence-corrected chi connectivity index (χ2v) is 6.84. The molecule has 0 spiro atoms. The topological polar surface area (TPSA) is 54.5 Å². The lowest BCUT2D eigenvalue weighted by Crippen LogP contribution is -2.43. The quantitative estimate of drug-likeness (QED) is 0.866. The highest BCUT2D eigenvalue weighted by Gasteiger charge is 2.19. The van der Waals surface area contributed by atoms with Crippen molar-refractivity contribution in [2.24, 2.45) is 0 Å². The summed E-state index contributed by atoms with van der Waals surface area (Å²) in [6, 6.07) is 0. The smallest absolute Gasteiger partial charge is 0.226 e. The maximum atomic E-state index is 11.9. The van der Waals surface area contributed by atoms with E-state index in [9.17, 15) is 4.79 Å². The Hall–Kier alpha value is -0.980. The van der Waals surface area contributed by atoms with Gasteiger partial charge in [-0.2, -0.15) is 0 Å². The third-order valence-electron chi connectivity index (χ3n) is 3.79. The summed E-state index contributed by atoms with van der Waals surface area (Å²) in [5.41, 5.74) is 0.904. The Balaban J connectivity index is 1.68. The molecule has 0 radical (unpaired) electrons. The summed E-state index contributed by atoms with van der Waals surface area (Å²) in [4.78, 5) is 19.9. The first kappa shape index (κ1) is 16.4. The van der Waals surface area contributed by atoms with E-state index in [1.165, 1.54) is 0 Å². The highest BCUT2D eigenvalue weighted by atomic mass is 32.1. The van der Waals surface area contributed by atoms with E-state index in [4.69, 9.17) is 4.74 Å². The van der Waals surface area contributed by atoms with E-state index in [-0.39, 0.29) is 12.0 Å². The molecule has 1 saturated heterocycles. The van der Waals surface area contributed by atoms with E-state index in [2.05, 4.69) is 22.1 Å². The van der Waals surface area contributed by atoms with Crippen molar-refractivity contribution >= 4 is 17.2 Å². The van der Waals surface area contributed by atoms with Gasteiger partial charge in [0.2, 0.25) is 5.91 Å². The van der Waals surface area contributed by atoms with Crippen LogP contribution in [-0.2, 0) is 16.0 Å². The maximum absolute atomic E-state index is 11.9. The molecule has 21 heavy (non-hydrogen) atoms. The number of amides is 1. The van der Waals surface area contributed by atoms with Gasteiger partial charge in [0.05, 0.1) is 29.8 Å². The Bertz CT molecular complexity index is 475. The van der Waals surface area contributed by atoms with E-state index in [0.717, 1.165) is 48.2 Å². The number of thiazole rings is 1. The van der Waals surface area contributed by atoms with Crippen molar-refractivity contribution in [2.75, 3.05) is 32.8 Å². The molecule has 1 aromatic heterocycles. The van der Waals surface area contributed by atoms with Crippen LogP contribution in [0.4, 0.5) is 0 Å². The van der Waals surface area contributed by atoms with Gasteiger partial charge in [-0.15, -0.1) is 11.3 Å². The Morgan fingerprint density at radius 1 is 1.52 bits per heavy atom. The summed E-state index contributed by atoms with van der Waals surface area (Å²) >= 11 is 1.64. The largest absolute Gasteiger partial charge is 0.375 e. The molecule has 0 aromatic carbocycles. The average Bonchev–Trinajstić information content (AvgIpc) is 2.77. The van der Waals surface area contributed by atoms with Crippen LogP contribution in [0.1, 0.15) is 28.9 Å². The molecule has 118 valence electrons. The fourth-order valence-corrected chi connectivity index (χ4v) is 3.40. The summed E-state index contributed by atoms with van der Waals surface area (Å²) in [6.45, 7) is 10.7. The number of carbonyl (C=O) groups excluding carboxylic acids is 1. The van der Waals surface area contributed by atoms with Gasteiger partial charge >= 0.3 is 0 Å². The predicted molar refractivity (Wildman–Crippen MR) is 84.8 cm³/mol. The molecule has 0 aliphatic carbocycles. The minimum atomic E-state index is 0.0477.